The average Bonchev–Trinajstić information content (AvgIpc) is 3.31. The summed E-state index contributed by atoms with van der Waals surface area (Å²) >= 11 is 0. The molecule has 7 aliphatic rings. The second-order valence-electron chi connectivity index (χ2n) is 19.1. The third kappa shape index (κ3) is 25.5. The van der Waals surface area contributed by atoms with Gasteiger partial charge in [0.25, 0.3) is 0 Å². The number of aryl methyl sites for hydroxylation is 1. The molecule has 63 heavy (non-hydrogen) atoms. The summed E-state index contributed by atoms with van der Waals surface area (Å²) in [6.45, 7) is 15.2. The van der Waals surface area contributed by atoms with Crippen molar-refractivity contribution in [2.45, 2.75) is 212 Å². The summed E-state index contributed by atoms with van der Waals surface area (Å²) in [5, 5.41) is 44.3. The fourth-order valence-electron chi connectivity index (χ4n) is 9.44. The Morgan fingerprint density at radius 2 is 0.937 bits per heavy atom. The number of nitrogens with zero attached hydrogens (tertiary/aromatic N) is 9. The molecule has 364 valence electrons. The number of hydrogen-bond donors (Lipinski definition) is 0. The monoisotopic (exact) mass is 1040 g/mol. The van der Waals surface area contributed by atoms with E-state index in [1.54, 1.807) is 6.07 Å². The van der Waals surface area contributed by atoms with Crippen LogP contribution in [0.5, 0.6) is 0 Å². The van der Waals surface area contributed by atoms with Gasteiger partial charge in [-0.2, -0.15) is 23.5 Å². The van der Waals surface area contributed by atoms with Gasteiger partial charge >= 0.3 is 0 Å². The number of rotatable bonds is 10. The van der Waals surface area contributed by atoms with E-state index in [1.165, 1.54) is 147 Å². The molecule has 0 aromatic heterocycles. The molecule has 1 aromatic carbocycles. The number of benzene rings is 1. The van der Waals surface area contributed by atoms with E-state index in [0.29, 0.717) is 49.0 Å². The summed E-state index contributed by atoms with van der Waals surface area (Å²) in [5.74, 6) is 2.76. The molecule has 4 heterocycles. The molecule has 0 spiro atoms. The van der Waals surface area contributed by atoms with Crippen molar-refractivity contribution in [2.75, 3.05) is 33.0 Å². The predicted molar refractivity (Wildman–Crippen MR) is 263 cm³/mol. The van der Waals surface area contributed by atoms with Crippen LogP contribution in [0.25, 0.3) is 42.5 Å². The largest absolute Gasteiger partial charge is 0.702 e. The predicted octanol–water partition coefficient (Wildman–Crippen LogP) is 15.9. The molecule has 11 heteroatoms. The van der Waals surface area contributed by atoms with Gasteiger partial charge in [-0.1, -0.05) is 198 Å². The Bertz CT molecular complexity index is 1280. The molecule has 0 bridgehead atoms. The molecule has 3 saturated heterocycles. The van der Waals surface area contributed by atoms with Crippen molar-refractivity contribution >= 4 is 5.69 Å². The minimum atomic E-state index is 0. The molecule has 6 fully saturated rings. The SMILES string of the molecule is C1=C[N-]C(C2CCCC[N-]2)C=C1.C1CCC(C2CCCC[N-]2)[N-]C1.CC#N.CC1CCC([N-]C[N-]C2CCC(C)CC2)CC1.Cc1ccc([N-]C[N-]C2CCC(C)CC2)cc1.[Rh].[Rh]. The summed E-state index contributed by atoms with van der Waals surface area (Å²) in [4.78, 5) is 0. The van der Waals surface area contributed by atoms with Crippen molar-refractivity contribution in [3.8, 4) is 6.07 Å². The zero-order chi connectivity index (χ0) is 43.3. The van der Waals surface area contributed by atoms with E-state index in [0.717, 1.165) is 49.7 Å². The van der Waals surface area contributed by atoms with Crippen LogP contribution in [0, 0.1) is 36.0 Å². The normalized spacial score (nSPS) is 31.2. The molecule has 9 nitrogen and oxygen atoms in total. The smallest absolute Gasteiger partial charge is 0.0587 e. The van der Waals surface area contributed by atoms with Crippen molar-refractivity contribution in [2.24, 2.45) is 17.8 Å². The van der Waals surface area contributed by atoms with E-state index in [1.807, 2.05) is 12.3 Å². The standard InChI is InChI=1S/C15H28N2.C15H22N2.C10H18N2.C10H14N2.C2H3N.2Rh/c2*1-12-3-7-14(8-4-12)16-11-17-15-9-5-13(2)6-10-15;2*1-3-7-11-9(5-1)10-6-2-4-8-12-10;1-2-3;;/h12-15H,3-11H2,1-2H3;3-4,7-8,13,15H,5-6,9-11H2,1-2H3;9-10H,1-8H2;1,3,5,7,9-10H,2,4,6,8H2;1H3;;/q4*-2;;;. The van der Waals surface area contributed by atoms with Crippen LogP contribution in [0.4, 0.5) is 5.69 Å². The molecule has 2 radical (unpaired) electrons. The maximum absolute atomic E-state index is 7.32. The van der Waals surface area contributed by atoms with E-state index in [-0.39, 0.29) is 39.0 Å². The van der Waals surface area contributed by atoms with Crippen LogP contribution in [0.15, 0.2) is 48.7 Å². The molecule has 3 aliphatic carbocycles. The van der Waals surface area contributed by atoms with Gasteiger partial charge < -0.3 is 42.5 Å². The van der Waals surface area contributed by atoms with Crippen LogP contribution in [0.2, 0.25) is 0 Å². The van der Waals surface area contributed by atoms with Gasteiger partial charge in [0, 0.05) is 45.9 Å². The first kappa shape index (κ1) is 57.9. The van der Waals surface area contributed by atoms with Crippen LogP contribution >= 0.6 is 0 Å². The van der Waals surface area contributed by atoms with E-state index in [4.69, 9.17) is 15.9 Å². The maximum atomic E-state index is 7.32. The summed E-state index contributed by atoms with van der Waals surface area (Å²) in [5.41, 5.74) is 2.32. The minimum absolute atomic E-state index is 0. The third-order valence-electron chi connectivity index (χ3n) is 13.7. The van der Waals surface area contributed by atoms with Crippen LogP contribution in [-0.2, 0) is 39.0 Å². The van der Waals surface area contributed by atoms with Gasteiger partial charge in [0.05, 0.1) is 6.07 Å². The number of hydrogen-bond acceptors (Lipinski definition) is 1. The Balaban J connectivity index is 0.000000283. The number of piperidine rings is 3. The molecular weight excluding hydrogens is 956 g/mol. The Hall–Kier alpha value is -1.20. The van der Waals surface area contributed by atoms with Crippen molar-refractivity contribution in [3.63, 3.8) is 0 Å². The zero-order valence-electron chi connectivity index (χ0n) is 40.0. The van der Waals surface area contributed by atoms with Crippen molar-refractivity contribution < 1.29 is 39.0 Å². The van der Waals surface area contributed by atoms with Crippen LogP contribution in [0.1, 0.15) is 168 Å². The van der Waals surface area contributed by atoms with Crippen molar-refractivity contribution in [3.05, 3.63) is 96.8 Å². The van der Waals surface area contributed by atoms with E-state index >= 15 is 0 Å². The molecule has 0 amide bonds. The molecule has 4 atom stereocenters. The average molecular weight is 1040 g/mol. The van der Waals surface area contributed by atoms with Gasteiger partial charge in [-0.15, -0.1) is 61.6 Å². The third-order valence-corrected chi connectivity index (χ3v) is 13.7. The van der Waals surface area contributed by atoms with Gasteiger partial charge in [0.1, 0.15) is 0 Å². The van der Waals surface area contributed by atoms with Gasteiger partial charge in [0.15, 0.2) is 0 Å². The summed E-state index contributed by atoms with van der Waals surface area (Å²) in [7, 11) is 0. The fraction of sp³-hybridized carbons (Fsp3) is 0.788. The maximum Gasteiger partial charge on any atom is 0.0587 e. The van der Waals surface area contributed by atoms with Gasteiger partial charge in [-0.3, -0.25) is 6.67 Å². The van der Waals surface area contributed by atoms with Crippen LogP contribution < -0.4 is 0 Å². The molecule has 4 aliphatic heterocycles. The van der Waals surface area contributed by atoms with Crippen molar-refractivity contribution in [1.29, 1.82) is 5.26 Å². The second kappa shape index (κ2) is 35.9. The molecule has 8 rings (SSSR count). The Morgan fingerprint density at radius 1 is 0.540 bits per heavy atom. The zero-order valence-corrected chi connectivity index (χ0v) is 43.2. The van der Waals surface area contributed by atoms with Crippen molar-refractivity contribution in [1.82, 2.24) is 0 Å². The second-order valence-corrected chi connectivity index (χ2v) is 19.1. The summed E-state index contributed by atoms with van der Waals surface area (Å²) < 4.78 is 0. The first-order valence-corrected chi connectivity index (χ1v) is 24.9. The first-order chi connectivity index (χ1) is 29.8. The fourth-order valence-corrected chi connectivity index (χ4v) is 9.44. The molecule has 0 N–H and O–H groups in total. The van der Waals surface area contributed by atoms with E-state index in [2.05, 4.69) is 96.0 Å². The summed E-state index contributed by atoms with van der Waals surface area (Å²) in [6, 6.07) is 13.9. The molecule has 1 aromatic rings. The minimum Gasteiger partial charge on any atom is -0.702 e. The Morgan fingerprint density at radius 3 is 1.30 bits per heavy atom. The van der Waals surface area contributed by atoms with E-state index in [9.17, 15) is 0 Å². The first-order valence-electron chi connectivity index (χ1n) is 24.9. The number of allylic oxidation sites excluding steroid dienone is 2. The Kier molecular flexibility index (Phi) is 33.0. The van der Waals surface area contributed by atoms with Crippen LogP contribution in [0.3, 0.4) is 0 Å². The quantitative estimate of drug-likeness (QED) is 0.212. The Labute approximate surface area is 412 Å². The summed E-state index contributed by atoms with van der Waals surface area (Å²) in [6.07, 6.45) is 35.7. The topological polar surface area (TPSA) is 137 Å². The molecule has 4 unspecified atom stereocenters. The van der Waals surface area contributed by atoms with Gasteiger partial charge in [-0.25, -0.2) is 6.67 Å². The van der Waals surface area contributed by atoms with Gasteiger partial charge in [-0.05, 0) is 24.7 Å². The van der Waals surface area contributed by atoms with Crippen LogP contribution in [-0.4, -0.2) is 75.3 Å². The molecule has 3 saturated carbocycles. The molecular formula is C52H85N9Rh2-8. The van der Waals surface area contributed by atoms with E-state index < -0.39 is 0 Å². The van der Waals surface area contributed by atoms with Gasteiger partial charge in [0.2, 0.25) is 0 Å². The number of nitriles is 1.